The molecule has 2 N–H and O–H groups in total. The van der Waals surface area contributed by atoms with Gasteiger partial charge in [-0.3, -0.25) is 0 Å². The van der Waals surface area contributed by atoms with Crippen LogP contribution in [0.1, 0.15) is 24.9 Å². The highest BCUT2D eigenvalue weighted by Crippen LogP contribution is 2.29. The lowest BCUT2D eigenvalue weighted by Gasteiger charge is -2.23. The molecule has 2 rings (SSSR count). The number of hydrogen-bond donors (Lipinski definition) is 1. The summed E-state index contributed by atoms with van der Waals surface area (Å²) in [5.74, 6) is 0. The highest BCUT2D eigenvalue weighted by molar-refractivity contribution is 5.77. The maximum atomic E-state index is 12.2. The summed E-state index contributed by atoms with van der Waals surface area (Å²) >= 11 is 0. The largest absolute Gasteiger partial charge is 0.330 e. The van der Waals surface area contributed by atoms with E-state index in [4.69, 9.17) is 5.73 Å². The maximum absolute atomic E-state index is 12.2. The lowest BCUT2D eigenvalue weighted by molar-refractivity contribution is 0.182. The smallest absolute Gasteiger partial charge is 0.320 e. The van der Waals surface area contributed by atoms with Crippen molar-refractivity contribution in [2.24, 2.45) is 5.73 Å². The van der Waals surface area contributed by atoms with Crippen molar-refractivity contribution in [2.75, 3.05) is 20.1 Å². The normalized spacial score (nSPS) is 21.5. The quantitative estimate of drug-likeness (QED) is 0.882. The minimum Gasteiger partial charge on any atom is -0.330 e. The molecule has 2 atom stereocenters. The number of nitrogens with two attached hydrogens (primary N) is 1. The van der Waals surface area contributed by atoms with E-state index in [1.165, 1.54) is 5.56 Å². The van der Waals surface area contributed by atoms with Gasteiger partial charge in [-0.1, -0.05) is 30.3 Å². The Hall–Kier alpha value is -1.55. The molecule has 2 amide bonds. The number of hydrogen-bond acceptors (Lipinski definition) is 2. The van der Waals surface area contributed by atoms with Gasteiger partial charge in [0.2, 0.25) is 0 Å². The molecule has 98 valence electrons. The maximum Gasteiger partial charge on any atom is 0.320 e. The molecule has 0 aliphatic carbocycles. The third-order valence-electron chi connectivity index (χ3n) is 3.69. The summed E-state index contributed by atoms with van der Waals surface area (Å²) in [6, 6.07) is 10.6. The van der Waals surface area contributed by atoms with E-state index in [1.807, 2.05) is 35.0 Å². The van der Waals surface area contributed by atoms with E-state index < -0.39 is 0 Å². The average molecular weight is 247 g/mol. The van der Waals surface area contributed by atoms with E-state index in [2.05, 4.69) is 19.1 Å². The topological polar surface area (TPSA) is 49.6 Å². The van der Waals surface area contributed by atoms with E-state index in [-0.39, 0.29) is 18.1 Å². The van der Waals surface area contributed by atoms with Crippen LogP contribution in [-0.2, 0) is 0 Å². The third-order valence-corrected chi connectivity index (χ3v) is 3.69. The van der Waals surface area contributed by atoms with Gasteiger partial charge in [-0.15, -0.1) is 0 Å². The third kappa shape index (κ3) is 2.34. The molecule has 1 aromatic carbocycles. The molecular weight excluding hydrogens is 226 g/mol. The Kier molecular flexibility index (Phi) is 3.87. The molecule has 0 saturated carbocycles. The second-order valence-electron chi connectivity index (χ2n) is 4.90. The molecule has 0 aromatic heterocycles. The highest BCUT2D eigenvalue weighted by atomic mass is 16.2. The summed E-state index contributed by atoms with van der Waals surface area (Å²) in [6.45, 7) is 3.43. The van der Waals surface area contributed by atoms with Crippen molar-refractivity contribution in [3.05, 3.63) is 35.9 Å². The number of urea groups is 1. The standard InChI is InChI=1S/C14H21N3O/c1-11(8-9-15)17-10-13(16(2)14(17)18)12-6-4-3-5-7-12/h3-7,11,13H,8-10,15H2,1-2H3. The van der Waals surface area contributed by atoms with Crippen LogP contribution in [0.25, 0.3) is 0 Å². The van der Waals surface area contributed by atoms with Crippen LogP contribution < -0.4 is 5.73 Å². The van der Waals surface area contributed by atoms with Crippen molar-refractivity contribution in [3.63, 3.8) is 0 Å². The van der Waals surface area contributed by atoms with Crippen LogP contribution in [0.15, 0.2) is 30.3 Å². The highest BCUT2D eigenvalue weighted by Gasteiger charge is 2.37. The molecule has 0 bridgehead atoms. The Bertz CT molecular complexity index is 407. The summed E-state index contributed by atoms with van der Waals surface area (Å²) in [5.41, 5.74) is 6.76. The Labute approximate surface area is 108 Å². The molecule has 0 radical (unpaired) electrons. The zero-order chi connectivity index (χ0) is 13.1. The Balaban J connectivity index is 2.15. The van der Waals surface area contributed by atoms with Gasteiger partial charge in [0.05, 0.1) is 6.04 Å². The average Bonchev–Trinajstić information content (AvgIpc) is 2.68. The van der Waals surface area contributed by atoms with E-state index in [0.29, 0.717) is 6.54 Å². The lowest BCUT2D eigenvalue weighted by atomic mass is 10.1. The van der Waals surface area contributed by atoms with Crippen molar-refractivity contribution in [1.82, 2.24) is 9.80 Å². The lowest BCUT2D eigenvalue weighted by Crippen LogP contribution is -2.37. The monoisotopic (exact) mass is 247 g/mol. The Morgan fingerprint density at radius 1 is 1.39 bits per heavy atom. The van der Waals surface area contributed by atoms with Crippen LogP contribution >= 0.6 is 0 Å². The van der Waals surface area contributed by atoms with Gasteiger partial charge < -0.3 is 15.5 Å². The molecule has 1 heterocycles. The van der Waals surface area contributed by atoms with Gasteiger partial charge in [0.15, 0.2) is 0 Å². The van der Waals surface area contributed by atoms with E-state index in [1.54, 1.807) is 0 Å². The zero-order valence-corrected chi connectivity index (χ0v) is 11.0. The van der Waals surface area contributed by atoms with Crippen LogP contribution in [0.4, 0.5) is 4.79 Å². The number of nitrogens with zero attached hydrogens (tertiary/aromatic N) is 2. The predicted octanol–water partition coefficient (Wildman–Crippen LogP) is 1.83. The van der Waals surface area contributed by atoms with Gasteiger partial charge >= 0.3 is 6.03 Å². The van der Waals surface area contributed by atoms with Gasteiger partial charge in [0.1, 0.15) is 0 Å². The molecule has 2 unspecified atom stereocenters. The second kappa shape index (κ2) is 5.40. The molecule has 4 heteroatoms. The fraction of sp³-hybridized carbons (Fsp3) is 0.500. The summed E-state index contributed by atoms with van der Waals surface area (Å²) in [7, 11) is 1.87. The second-order valence-corrected chi connectivity index (χ2v) is 4.90. The van der Waals surface area contributed by atoms with Crippen LogP contribution in [-0.4, -0.2) is 42.0 Å². The number of carbonyl (C=O) groups excluding carboxylic acids is 1. The first-order chi connectivity index (χ1) is 8.65. The number of likely N-dealkylation sites (N-methyl/N-ethyl adjacent to an activating group) is 1. The van der Waals surface area contributed by atoms with Crippen molar-refractivity contribution in [1.29, 1.82) is 0 Å². The number of amides is 2. The first-order valence-electron chi connectivity index (χ1n) is 6.43. The number of carbonyl (C=O) groups is 1. The van der Waals surface area contributed by atoms with Gasteiger partial charge in [-0.2, -0.15) is 0 Å². The Morgan fingerprint density at radius 2 is 2.06 bits per heavy atom. The molecule has 1 fully saturated rings. The summed E-state index contributed by atoms with van der Waals surface area (Å²) < 4.78 is 0. The minimum atomic E-state index is 0.102. The van der Waals surface area contributed by atoms with Gasteiger partial charge in [-0.25, -0.2) is 4.79 Å². The molecule has 1 aliphatic heterocycles. The molecule has 1 saturated heterocycles. The first kappa shape index (κ1) is 12.9. The van der Waals surface area contributed by atoms with Gasteiger partial charge in [-0.05, 0) is 25.5 Å². The summed E-state index contributed by atoms with van der Waals surface area (Å²) in [5, 5.41) is 0. The van der Waals surface area contributed by atoms with Crippen LogP contribution in [0.2, 0.25) is 0 Å². The molecule has 4 nitrogen and oxygen atoms in total. The van der Waals surface area contributed by atoms with Crippen molar-refractivity contribution in [3.8, 4) is 0 Å². The predicted molar refractivity (Wildman–Crippen MR) is 72.2 cm³/mol. The fourth-order valence-electron chi connectivity index (χ4n) is 2.49. The zero-order valence-electron chi connectivity index (χ0n) is 11.0. The van der Waals surface area contributed by atoms with Crippen molar-refractivity contribution in [2.45, 2.75) is 25.4 Å². The van der Waals surface area contributed by atoms with Gasteiger partial charge in [0, 0.05) is 19.6 Å². The molecule has 1 aliphatic rings. The fourth-order valence-corrected chi connectivity index (χ4v) is 2.49. The molecule has 1 aromatic rings. The number of rotatable bonds is 4. The molecular formula is C14H21N3O. The minimum absolute atomic E-state index is 0.102. The van der Waals surface area contributed by atoms with Crippen molar-refractivity contribution < 1.29 is 4.79 Å². The summed E-state index contributed by atoms with van der Waals surface area (Å²) in [4.78, 5) is 16.0. The van der Waals surface area contributed by atoms with E-state index in [9.17, 15) is 4.79 Å². The molecule has 0 spiro atoms. The summed E-state index contributed by atoms with van der Waals surface area (Å²) in [6.07, 6.45) is 0.848. The molecule has 18 heavy (non-hydrogen) atoms. The van der Waals surface area contributed by atoms with Crippen LogP contribution in [0, 0.1) is 0 Å². The van der Waals surface area contributed by atoms with Gasteiger partial charge in [0.25, 0.3) is 0 Å². The first-order valence-corrected chi connectivity index (χ1v) is 6.43. The van der Waals surface area contributed by atoms with Crippen molar-refractivity contribution >= 4 is 6.03 Å². The van der Waals surface area contributed by atoms with Crippen LogP contribution in [0.5, 0.6) is 0 Å². The Morgan fingerprint density at radius 3 is 2.67 bits per heavy atom. The van der Waals surface area contributed by atoms with E-state index >= 15 is 0 Å². The van der Waals surface area contributed by atoms with Crippen LogP contribution in [0.3, 0.4) is 0 Å². The SMILES string of the molecule is CC(CCN)N1CC(c2ccccc2)N(C)C1=O. The van der Waals surface area contributed by atoms with E-state index in [0.717, 1.165) is 13.0 Å². The number of benzene rings is 1.